The molecule has 4 heteroatoms. The first-order valence-electron chi connectivity index (χ1n) is 6.22. The van der Waals surface area contributed by atoms with Gasteiger partial charge in [-0.05, 0) is 31.3 Å². The first-order chi connectivity index (χ1) is 8.11. The predicted molar refractivity (Wildman–Crippen MR) is 73.7 cm³/mol. The third-order valence-electron chi connectivity index (χ3n) is 3.03. The van der Waals surface area contributed by atoms with Crippen molar-refractivity contribution in [2.24, 2.45) is 5.41 Å². The summed E-state index contributed by atoms with van der Waals surface area (Å²) in [6.07, 6.45) is 6.46. The van der Waals surface area contributed by atoms with Gasteiger partial charge in [-0.1, -0.05) is 20.8 Å². The molecule has 0 saturated heterocycles. The molecule has 0 fully saturated rings. The van der Waals surface area contributed by atoms with Crippen molar-refractivity contribution >= 4 is 16.3 Å². The highest BCUT2D eigenvalue weighted by molar-refractivity contribution is 7.15. The lowest BCUT2D eigenvalue weighted by atomic mass is 9.84. The Balaban J connectivity index is 1.97. The Kier molecular flexibility index (Phi) is 3.84. The van der Waals surface area contributed by atoms with Crippen LogP contribution in [0.15, 0.2) is 17.8 Å². The molecule has 0 bridgehead atoms. The number of imidazole rings is 1. The molecule has 0 aromatic carbocycles. The van der Waals surface area contributed by atoms with E-state index in [-0.39, 0.29) is 0 Å². The van der Waals surface area contributed by atoms with Crippen molar-refractivity contribution in [1.29, 1.82) is 0 Å². The number of fused-ring (bicyclic) bond motifs is 1. The van der Waals surface area contributed by atoms with E-state index in [1.807, 2.05) is 0 Å². The summed E-state index contributed by atoms with van der Waals surface area (Å²) in [5, 5.41) is 5.46. The first-order valence-corrected chi connectivity index (χ1v) is 7.10. The molecular weight excluding hydrogens is 230 g/mol. The lowest BCUT2D eigenvalue weighted by molar-refractivity contribution is 0.324. The third-order valence-corrected chi connectivity index (χ3v) is 3.80. The van der Waals surface area contributed by atoms with Crippen molar-refractivity contribution in [3.05, 3.63) is 23.5 Å². The molecule has 17 heavy (non-hydrogen) atoms. The van der Waals surface area contributed by atoms with Crippen molar-refractivity contribution in [1.82, 2.24) is 14.7 Å². The highest BCUT2D eigenvalue weighted by atomic mass is 32.1. The van der Waals surface area contributed by atoms with E-state index in [1.165, 1.54) is 12.1 Å². The van der Waals surface area contributed by atoms with E-state index in [1.54, 1.807) is 11.3 Å². The van der Waals surface area contributed by atoms with Gasteiger partial charge in [-0.3, -0.25) is 4.40 Å². The number of nitrogens with zero attached hydrogens (tertiary/aromatic N) is 2. The summed E-state index contributed by atoms with van der Waals surface area (Å²) in [5.41, 5.74) is 1.52. The number of thiazole rings is 1. The summed E-state index contributed by atoms with van der Waals surface area (Å²) in [6.45, 7) is 8.92. The summed E-state index contributed by atoms with van der Waals surface area (Å²) in [7, 11) is 0. The average Bonchev–Trinajstić information content (AvgIpc) is 2.77. The Morgan fingerprint density at radius 3 is 3.00 bits per heavy atom. The van der Waals surface area contributed by atoms with E-state index in [9.17, 15) is 0 Å². The maximum Gasteiger partial charge on any atom is 0.193 e. The highest BCUT2D eigenvalue weighted by Crippen LogP contribution is 2.25. The second kappa shape index (κ2) is 5.19. The fourth-order valence-corrected chi connectivity index (χ4v) is 2.76. The van der Waals surface area contributed by atoms with Gasteiger partial charge in [0.2, 0.25) is 0 Å². The molecule has 0 radical (unpaired) electrons. The zero-order valence-corrected chi connectivity index (χ0v) is 11.7. The fraction of sp³-hybridized carbons (Fsp3) is 0.615. The maximum atomic E-state index is 4.65. The van der Waals surface area contributed by atoms with E-state index in [4.69, 9.17) is 0 Å². The SMILES string of the molecule is CCNCCC(C)(C)Cc1cn2ccsc2n1. The van der Waals surface area contributed by atoms with Crippen LogP contribution < -0.4 is 5.32 Å². The van der Waals surface area contributed by atoms with E-state index >= 15 is 0 Å². The zero-order chi connectivity index (χ0) is 12.3. The quantitative estimate of drug-likeness (QED) is 0.800. The summed E-state index contributed by atoms with van der Waals surface area (Å²) in [6, 6.07) is 0. The fourth-order valence-electron chi connectivity index (χ4n) is 2.04. The third kappa shape index (κ3) is 3.30. The topological polar surface area (TPSA) is 29.3 Å². The molecule has 94 valence electrons. The predicted octanol–water partition coefficient (Wildman–Crippen LogP) is 2.96. The van der Waals surface area contributed by atoms with E-state index in [0.717, 1.165) is 24.5 Å². The number of nitrogens with one attached hydrogen (secondary N) is 1. The normalized spacial score (nSPS) is 12.4. The van der Waals surface area contributed by atoms with Crippen LogP contribution in [0.25, 0.3) is 4.96 Å². The monoisotopic (exact) mass is 251 g/mol. The minimum Gasteiger partial charge on any atom is -0.317 e. The molecule has 2 rings (SSSR count). The van der Waals surface area contributed by atoms with Gasteiger partial charge in [0, 0.05) is 17.8 Å². The van der Waals surface area contributed by atoms with Crippen molar-refractivity contribution in [3.8, 4) is 0 Å². The van der Waals surface area contributed by atoms with Gasteiger partial charge in [-0.25, -0.2) is 4.98 Å². The van der Waals surface area contributed by atoms with Gasteiger partial charge in [0.05, 0.1) is 5.69 Å². The molecule has 2 heterocycles. The zero-order valence-electron chi connectivity index (χ0n) is 10.9. The van der Waals surface area contributed by atoms with Crippen molar-refractivity contribution in [2.75, 3.05) is 13.1 Å². The van der Waals surface area contributed by atoms with Crippen molar-refractivity contribution in [2.45, 2.75) is 33.6 Å². The molecule has 0 saturated carbocycles. The summed E-state index contributed by atoms with van der Waals surface area (Å²) in [4.78, 5) is 5.75. The van der Waals surface area contributed by atoms with Gasteiger partial charge < -0.3 is 5.32 Å². The standard InChI is InChI=1S/C13H21N3S/c1-4-14-6-5-13(2,3)9-11-10-16-7-8-17-12(16)15-11/h7-8,10,14H,4-6,9H2,1-3H3. The molecule has 0 amide bonds. The van der Waals surface area contributed by atoms with Gasteiger partial charge in [0.1, 0.15) is 0 Å². The largest absolute Gasteiger partial charge is 0.317 e. The van der Waals surface area contributed by atoms with Crippen LogP contribution in [-0.4, -0.2) is 22.5 Å². The second-order valence-electron chi connectivity index (χ2n) is 5.27. The molecule has 0 aliphatic rings. The molecule has 0 atom stereocenters. The summed E-state index contributed by atoms with van der Waals surface area (Å²) >= 11 is 1.70. The van der Waals surface area contributed by atoms with Crippen LogP contribution in [0.3, 0.4) is 0 Å². The summed E-state index contributed by atoms with van der Waals surface area (Å²) in [5.74, 6) is 0. The first kappa shape index (κ1) is 12.6. The molecule has 2 aromatic rings. The van der Waals surface area contributed by atoms with Crippen LogP contribution in [0.1, 0.15) is 32.9 Å². The minimum absolute atomic E-state index is 0.312. The lowest BCUT2D eigenvalue weighted by Crippen LogP contribution is -2.24. The Labute approximate surface area is 107 Å². The lowest BCUT2D eigenvalue weighted by Gasteiger charge is -2.23. The van der Waals surface area contributed by atoms with Gasteiger partial charge in [0.15, 0.2) is 4.96 Å². The van der Waals surface area contributed by atoms with E-state index < -0.39 is 0 Å². The van der Waals surface area contributed by atoms with E-state index in [0.29, 0.717) is 5.41 Å². The van der Waals surface area contributed by atoms with Crippen LogP contribution in [0.2, 0.25) is 0 Å². The Morgan fingerprint density at radius 1 is 1.47 bits per heavy atom. The van der Waals surface area contributed by atoms with Crippen LogP contribution >= 0.6 is 11.3 Å². The highest BCUT2D eigenvalue weighted by Gasteiger charge is 2.19. The number of hydrogen-bond acceptors (Lipinski definition) is 3. The molecular formula is C13H21N3S. The van der Waals surface area contributed by atoms with Gasteiger partial charge in [-0.2, -0.15) is 0 Å². The molecule has 1 N–H and O–H groups in total. The minimum atomic E-state index is 0.312. The molecule has 0 aliphatic heterocycles. The number of aromatic nitrogens is 2. The maximum absolute atomic E-state index is 4.65. The van der Waals surface area contributed by atoms with Crippen LogP contribution in [0.4, 0.5) is 0 Å². The van der Waals surface area contributed by atoms with Crippen LogP contribution in [0, 0.1) is 5.41 Å². The van der Waals surface area contributed by atoms with E-state index in [2.05, 4.69) is 53.2 Å². The van der Waals surface area contributed by atoms with Crippen LogP contribution in [-0.2, 0) is 6.42 Å². The molecule has 2 aromatic heterocycles. The molecule has 0 spiro atoms. The van der Waals surface area contributed by atoms with Gasteiger partial charge >= 0.3 is 0 Å². The Bertz CT molecular complexity index is 441. The average molecular weight is 251 g/mol. The Hall–Kier alpha value is -0.870. The van der Waals surface area contributed by atoms with Gasteiger partial charge in [0.25, 0.3) is 0 Å². The van der Waals surface area contributed by atoms with Gasteiger partial charge in [-0.15, -0.1) is 11.3 Å². The smallest absolute Gasteiger partial charge is 0.193 e. The summed E-state index contributed by atoms with van der Waals surface area (Å²) < 4.78 is 2.11. The van der Waals surface area contributed by atoms with Crippen molar-refractivity contribution < 1.29 is 0 Å². The Morgan fingerprint density at radius 2 is 2.29 bits per heavy atom. The number of rotatable bonds is 6. The number of hydrogen-bond donors (Lipinski definition) is 1. The second-order valence-corrected chi connectivity index (χ2v) is 6.14. The van der Waals surface area contributed by atoms with Crippen LogP contribution in [0.5, 0.6) is 0 Å². The molecule has 0 aliphatic carbocycles. The van der Waals surface area contributed by atoms with Crippen molar-refractivity contribution in [3.63, 3.8) is 0 Å². The molecule has 0 unspecified atom stereocenters. The molecule has 3 nitrogen and oxygen atoms in total.